The standard InChI is InChI=1S/C11H9ClF3NO/c12-6-1-2-7-8(3-4-17)10(11(13,14)15)16-9(7)5-6/h1-2,5,16-17H,3-4H2. The second-order valence-corrected chi connectivity index (χ2v) is 4.08. The number of aliphatic hydroxyl groups is 1. The van der Waals surface area contributed by atoms with E-state index in [0.29, 0.717) is 15.9 Å². The van der Waals surface area contributed by atoms with Gasteiger partial charge in [0.1, 0.15) is 5.69 Å². The van der Waals surface area contributed by atoms with Crippen LogP contribution >= 0.6 is 11.6 Å². The van der Waals surface area contributed by atoms with Gasteiger partial charge in [0.15, 0.2) is 0 Å². The lowest BCUT2D eigenvalue weighted by molar-refractivity contribution is -0.141. The molecule has 0 aliphatic heterocycles. The second-order valence-electron chi connectivity index (χ2n) is 3.64. The number of aromatic amines is 1. The Morgan fingerprint density at radius 2 is 2.00 bits per heavy atom. The average Bonchev–Trinajstić information content (AvgIpc) is 2.56. The van der Waals surface area contributed by atoms with Gasteiger partial charge in [-0.2, -0.15) is 13.2 Å². The fraction of sp³-hybridized carbons (Fsp3) is 0.273. The molecule has 17 heavy (non-hydrogen) atoms. The Hall–Kier alpha value is -1.20. The van der Waals surface area contributed by atoms with Crippen molar-refractivity contribution in [3.8, 4) is 0 Å². The Kier molecular flexibility index (Phi) is 3.05. The molecule has 0 spiro atoms. The van der Waals surface area contributed by atoms with Gasteiger partial charge in [0, 0.05) is 22.5 Å². The van der Waals surface area contributed by atoms with E-state index in [2.05, 4.69) is 4.98 Å². The van der Waals surface area contributed by atoms with E-state index in [9.17, 15) is 13.2 Å². The minimum absolute atomic E-state index is 0.0452. The van der Waals surface area contributed by atoms with Gasteiger partial charge < -0.3 is 10.1 Å². The molecule has 0 fully saturated rings. The monoisotopic (exact) mass is 263 g/mol. The SMILES string of the molecule is OCCc1c(C(F)(F)F)[nH]c2cc(Cl)ccc12. The van der Waals surface area contributed by atoms with Crippen LogP contribution in [0.25, 0.3) is 10.9 Å². The van der Waals surface area contributed by atoms with Crippen LogP contribution in [0.2, 0.25) is 5.02 Å². The number of alkyl halides is 3. The average molecular weight is 264 g/mol. The molecule has 0 atom stereocenters. The first-order valence-electron chi connectivity index (χ1n) is 4.91. The van der Waals surface area contributed by atoms with Gasteiger partial charge in [-0.25, -0.2) is 0 Å². The number of hydrogen-bond donors (Lipinski definition) is 2. The summed E-state index contributed by atoms with van der Waals surface area (Å²) in [6.45, 7) is -0.335. The quantitative estimate of drug-likeness (QED) is 0.856. The molecule has 0 amide bonds. The first-order valence-corrected chi connectivity index (χ1v) is 5.29. The Labute approximate surface area is 100 Å². The van der Waals surface area contributed by atoms with Crippen molar-refractivity contribution in [3.05, 3.63) is 34.5 Å². The van der Waals surface area contributed by atoms with E-state index in [4.69, 9.17) is 16.7 Å². The highest BCUT2D eigenvalue weighted by Gasteiger charge is 2.36. The Morgan fingerprint density at radius 1 is 1.29 bits per heavy atom. The zero-order valence-electron chi connectivity index (χ0n) is 8.61. The number of aliphatic hydroxyl groups excluding tert-OH is 1. The molecule has 2 rings (SSSR count). The molecule has 2 aromatic rings. The van der Waals surface area contributed by atoms with E-state index in [1.54, 1.807) is 0 Å². The van der Waals surface area contributed by atoms with Gasteiger partial charge in [0.2, 0.25) is 0 Å². The van der Waals surface area contributed by atoms with Crippen molar-refractivity contribution in [2.75, 3.05) is 6.61 Å². The van der Waals surface area contributed by atoms with Crippen LogP contribution in [-0.4, -0.2) is 16.7 Å². The molecule has 0 saturated carbocycles. The van der Waals surface area contributed by atoms with E-state index < -0.39 is 11.9 Å². The van der Waals surface area contributed by atoms with Gasteiger partial charge in [-0.15, -0.1) is 0 Å². The fourth-order valence-corrected chi connectivity index (χ4v) is 2.01. The second kappa shape index (κ2) is 4.23. The van der Waals surface area contributed by atoms with Crippen LogP contribution < -0.4 is 0 Å². The predicted octanol–water partition coefficient (Wildman–Crippen LogP) is 3.37. The molecular weight excluding hydrogens is 255 g/mol. The summed E-state index contributed by atoms with van der Waals surface area (Å²) in [5, 5.41) is 9.64. The fourth-order valence-electron chi connectivity index (χ4n) is 1.84. The van der Waals surface area contributed by atoms with Crippen LogP contribution in [0.15, 0.2) is 18.2 Å². The summed E-state index contributed by atoms with van der Waals surface area (Å²) in [5.41, 5.74) is -0.413. The van der Waals surface area contributed by atoms with Gasteiger partial charge in [-0.05, 0) is 24.1 Å². The van der Waals surface area contributed by atoms with E-state index in [1.807, 2.05) is 0 Å². The third-order valence-corrected chi connectivity index (χ3v) is 2.75. The van der Waals surface area contributed by atoms with Crippen molar-refractivity contribution in [2.45, 2.75) is 12.6 Å². The van der Waals surface area contributed by atoms with Crippen LogP contribution in [0.5, 0.6) is 0 Å². The normalized spacial score (nSPS) is 12.3. The van der Waals surface area contributed by atoms with E-state index >= 15 is 0 Å². The molecule has 0 aliphatic carbocycles. The largest absolute Gasteiger partial charge is 0.431 e. The van der Waals surface area contributed by atoms with E-state index in [-0.39, 0.29) is 18.6 Å². The number of fused-ring (bicyclic) bond motifs is 1. The minimum atomic E-state index is -4.46. The smallest absolute Gasteiger partial charge is 0.396 e. The zero-order chi connectivity index (χ0) is 12.6. The lowest BCUT2D eigenvalue weighted by atomic mass is 10.1. The molecule has 0 unspecified atom stereocenters. The third-order valence-electron chi connectivity index (χ3n) is 2.51. The molecule has 0 aliphatic rings. The topological polar surface area (TPSA) is 36.0 Å². The van der Waals surface area contributed by atoms with Gasteiger partial charge in [-0.1, -0.05) is 17.7 Å². The lowest BCUT2D eigenvalue weighted by Crippen LogP contribution is -2.09. The molecule has 0 saturated heterocycles. The Balaban J connectivity index is 2.70. The van der Waals surface area contributed by atoms with Crippen LogP contribution in [-0.2, 0) is 12.6 Å². The first-order chi connectivity index (χ1) is 7.93. The van der Waals surface area contributed by atoms with Gasteiger partial charge in [0.25, 0.3) is 0 Å². The molecule has 1 aromatic heterocycles. The number of benzene rings is 1. The van der Waals surface area contributed by atoms with Crippen LogP contribution in [0.3, 0.4) is 0 Å². The third kappa shape index (κ3) is 2.25. The summed E-state index contributed by atoms with van der Waals surface area (Å²) in [6.07, 6.45) is -4.51. The first kappa shape index (κ1) is 12.3. The highest BCUT2D eigenvalue weighted by molar-refractivity contribution is 6.31. The highest BCUT2D eigenvalue weighted by atomic mass is 35.5. The van der Waals surface area contributed by atoms with Crippen molar-refractivity contribution in [3.63, 3.8) is 0 Å². The molecule has 92 valence electrons. The van der Waals surface area contributed by atoms with Crippen LogP contribution in [0.1, 0.15) is 11.3 Å². The van der Waals surface area contributed by atoms with Gasteiger partial charge in [-0.3, -0.25) is 0 Å². The summed E-state index contributed by atoms with van der Waals surface area (Å²) in [4.78, 5) is 2.31. The number of aromatic nitrogens is 1. The van der Waals surface area contributed by atoms with Crippen molar-refractivity contribution in [1.29, 1.82) is 0 Å². The van der Waals surface area contributed by atoms with E-state index in [1.165, 1.54) is 18.2 Å². The molecule has 2 N–H and O–H groups in total. The summed E-state index contributed by atoms with van der Waals surface area (Å²) in [6, 6.07) is 4.49. The molecule has 2 nitrogen and oxygen atoms in total. The maximum atomic E-state index is 12.8. The number of hydrogen-bond acceptors (Lipinski definition) is 1. The molecule has 0 bridgehead atoms. The lowest BCUT2D eigenvalue weighted by Gasteiger charge is -2.06. The molecular formula is C11H9ClF3NO. The minimum Gasteiger partial charge on any atom is -0.396 e. The van der Waals surface area contributed by atoms with Crippen molar-refractivity contribution >= 4 is 22.5 Å². The summed E-state index contributed by atoms with van der Waals surface area (Å²) in [5.74, 6) is 0. The van der Waals surface area contributed by atoms with Crippen LogP contribution in [0.4, 0.5) is 13.2 Å². The molecule has 1 heterocycles. The Bertz CT molecular complexity index is 547. The number of H-pyrrole nitrogens is 1. The van der Waals surface area contributed by atoms with Crippen molar-refractivity contribution in [2.24, 2.45) is 0 Å². The summed E-state index contributed by atoms with van der Waals surface area (Å²) in [7, 11) is 0. The summed E-state index contributed by atoms with van der Waals surface area (Å²) < 4.78 is 38.3. The molecule has 6 heteroatoms. The number of rotatable bonds is 2. The van der Waals surface area contributed by atoms with Gasteiger partial charge >= 0.3 is 6.18 Å². The number of halogens is 4. The van der Waals surface area contributed by atoms with Crippen molar-refractivity contribution in [1.82, 2.24) is 4.98 Å². The maximum absolute atomic E-state index is 12.8. The Morgan fingerprint density at radius 3 is 2.59 bits per heavy atom. The van der Waals surface area contributed by atoms with Crippen LogP contribution in [0, 0.1) is 0 Å². The molecule has 0 radical (unpaired) electrons. The van der Waals surface area contributed by atoms with E-state index in [0.717, 1.165) is 0 Å². The highest BCUT2D eigenvalue weighted by Crippen LogP contribution is 2.36. The predicted molar refractivity (Wildman–Crippen MR) is 59.1 cm³/mol. The maximum Gasteiger partial charge on any atom is 0.431 e. The van der Waals surface area contributed by atoms with Crippen molar-refractivity contribution < 1.29 is 18.3 Å². The summed E-state index contributed by atoms with van der Waals surface area (Å²) >= 11 is 5.72. The zero-order valence-corrected chi connectivity index (χ0v) is 9.36. The number of nitrogens with one attached hydrogen (secondary N) is 1. The molecule has 1 aromatic carbocycles. The van der Waals surface area contributed by atoms with Gasteiger partial charge in [0.05, 0.1) is 0 Å².